The first kappa shape index (κ1) is 15.1. The summed E-state index contributed by atoms with van der Waals surface area (Å²) in [5.41, 5.74) is 3.60. The lowest BCUT2D eigenvalue weighted by molar-refractivity contribution is 0.0668. The lowest BCUT2D eigenvalue weighted by Crippen LogP contribution is -2.41. The molecule has 2 atom stereocenters. The molecule has 1 aromatic rings. The molecule has 0 aliphatic heterocycles. The van der Waals surface area contributed by atoms with Crippen LogP contribution in [0.4, 0.5) is 0 Å². The van der Waals surface area contributed by atoms with Crippen molar-refractivity contribution in [2.24, 2.45) is 5.84 Å². The van der Waals surface area contributed by atoms with Crippen LogP contribution in [-0.4, -0.2) is 33.6 Å². The van der Waals surface area contributed by atoms with E-state index in [-0.39, 0.29) is 17.9 Å². The maximum atomic E-state index is 11.2. The lowest BCUT2D eigenvalue weighted by Gasteiger charge is -2.25. The number of hydrogen-bond acceptors (Lipinski definition) is 5. The minimum atomic E-state index is -3.00. The molecule has 0 heterocycles. The Morgan fingerprint density at radius 1 is 1.33 bits per heavy atom. The molecule has 0 radical (unpaired) electrons. The number of benzene rings is 1. The van der Waals surface area contributed by atoms with Gasteiger partial charge in [-0.25, -0.2) is 8.42 Å². The molecule has 5 nitrogen and oxygen atoms in total. The largest absolute Gasteiger partial charge is 0.375 e. The molecule has 1 rings (SSSR count). The molecule has 0 aromatic heterocycles. The number of hydrazine groups is 1. The van der Waals surface area contributed by atoms with Crippen LogP contribution < -0.4 is 11.3 Å². The minimum absolute atomic E-state index is 0.0779. The Morgan fingerprint density at radius 3 is 2.39 bits per heavy atom. The second-order valence-corrected chi connectivity index (χ2v) is 6.52. The fourth-order valence-corrected chi connectivity index (χ4v) is 2.52. The van der Waals surface area contributed by atoms with Gasteiger partial charge >= 0.3 is 0 Å². The zero-order chi connectivity index (χ0) is 13.6. The summed E-state index contributed by atoms with van der Waals surface area (Å²) in [6, 6.07) is 9.35. The molecule has 102 valence electrons. The average Bonchev–Trinajstić information content (AvgIpc) is 2.34. The highest BCUT2D eigenvalue weighted by Crippen LogP contribution is 2.22. The van der Waals surface area contributed by atoms with Gasteiger partial charge in [-0.1, -0.05) is 30.3 Å². The van der Waals surface area contributed by atoms with Gasteiger partial charge in [-0.05, 0) is 12.0 Å². The van der Waals surface area contributed by atoms with Gasteiger partial charge in [0.05, 0.1) is 17.9 Å². The summed E-state index contributed by atoms with van der Waals surface area (Å²) in [6.07, 6.45) is 1.35. The van der Waals surface area contributed by atoms with E-state index in [1.807, 2.05) is 30.3 Å². The van der Waals surface area contributed by atoms with Gasteiger partial charge in [-0.3, -0.25) is 11.3 Å². The molecule has 6 heteroatoms. The highest BCUT2D eigenvalue weighted by atomic mass is 32.2. The molecule has 0 spiro atoms. The minimum Gasteiger partial charge on any atom is -0.375 e. The predicted molar refractivity (Wildman–Crippen MR) is 71.6 cm³/mol. The Morgan fingerprint density at radius 2 is 1.94 bits per heavy atom. The normalized spacial score (nSPS) is 15.3. The van der Waals surface area contributed by atoms with E-state index in [0.29, 0.717) is 6.42 Å². The number of ether oxygens (including phenoxy) is 1. The van der Waals surface area contributed by atoms with E-state index in [4.69, 9.17) is 10.6 Å². The van der Waals surface area contributed by atoms with Gasteiger partial charge in [0.1, 0.15) is 9.84 Å². The van der Waals surface area contributed by atoms with E-state index in [1.54, 1.807) is 7.11 Å². The SMILES string of the molecule is COC(c1ccccc1)C(CCS(C)(=O)=O)NN. The Hall–Kier alpha value is -0.950. The van der Waals surface area contributed by atoms with Crippen LogP contribution in [0.25, 0.3) is 0 Å². The zero-order valence-corrected chi connectivity index (χ0v) is 11.5. The monoisotopic (exact) mass is 272 g/mol. The van der Waals surface area contributed by atoms with Crippen molar-refractivity contribution in [1.29, 1.82) is 0 Å². The van der Waals surface area contributed by atoms with Gasteiger partial charge in [0, 0.05) is 13.4 Å². The van der Waals surface area contributed by atoms with Crippen molar-refractivity contribution in [3.8, 4) is 0 Å². The van der Waals surface area contributed by atoms with Crippen LogP contribution in [0.2, 0.25) is 0 Å². The number of sulfone groups is 1. The fourth-order valence-electron chi connectivity index (χ4n) is 1.84. The molecule has 3 N–H and O–H groups in total. The highest BCUT2D eigenvalue weighted by Gasteiger charge is 2.23. The maximum Gasteiger partial charge on any atom is 0.147 e. The van der Waals surface area contributed by atoms with Crippen LogP contribution >= 0.6 is 0 Å². The first-order valence-electron chi connectivity index (χ1n) is 5.69. The van der Waals surface area contributed by atoms with Crippen LogP contribution in [0.1, 0.15) is 18.1 Å². The van der Waals surface area contributed by atoms with E-state index < -0.39 is 9.84 Å². The quantitative estimate of drug-likeness (QED) is 0.562. The van der Waals surface area contributed by atoms with Crippen molar-refractivity contribution in [2.75, 3.05) is 19.1 Å². The Bertz CT molecular complexity index is 448. The molecule has 18 heavy (non-hydrogen) atoms. The van der Waals surface area contributed by atoms with Crippen LogP contribution in [0.3, 0.4) is 0 Å². The van der Waals surface area contributed by atoms with Gasteiger partial charge in [-0.15, -0.1) is 0 Å². The highest BCUT2D eigenvalue weighted by molar-refractivity contribution is 7.90. The summed E-state index contributed by atoms with van der Waals surface area (Å²) in [5.74, 6) is 5.57. The molecule has 0 saturated carbocycles. The average molecular weight is 272 g/mol. The topological polar surface area (TPSA) is 81.4 Å². The molecule has 0 aliphatic carbocycles. The van der Waals surface area contributed by atoms with Gasteiger partial charge < -0.3 is 4.74 Å². The number of rotatable bonds is 7. The van der Waals surface area contributed by atoms with Crippen LogP contribution in [-0.2, 0) is 14.6 Å². The summed E-state index contributed by atoms with van der Waals surface area (Å²) in [7, 11) is -1.42. The summed E-state index contributed by atoms with van der Waals surface area (Å²) >= 11 is 0. The van der Waals surface area contributed by atoms with Crippen molar-refractivity contribution in [1.82, 2.24) is 5.43 Å². The Kier molecular flexibility index (Phi) is 5.74. The molecule has 1 aromatic carbocycles. The third-order valence-electron chi connectivity index (χ3n) is 2.76. The second kappa shape index (κ2) is 6.84. The summed E-state index contributed by atoms with van der Waals surface area (Å²) in [6.45, 7) is 0. The molecule has 0 fully saturated rings. The molecular formula is C12H20N2O3S. The van der Waals surface area contributed by atoms with E-state index in [9.17, 15) is 8.42 Å². The van der Waals surface area contributed by atoms with Gasteiger partial charge in [0.15, 0.2) is 0 Å². The zero-order valence-electron chi connectivity index (χ0n) is 10.7. The summed E-state index contributed by atoms with van der Waals surface area (Å²) in [5, 5.41) is 0. The molecule has 2 unspecified atom stereocenters. The maximum absolute atomic E-state index is 11.2. The number of hydrogen-bond donors (Lipinski definition) is 2. The molecule has 0 bridgehead atoms. The van der Waals surface area contributed by atoms with Crippen LogP contribution in [0.5, 0.6) is 0 Å². The van der Waals surface area contributed by atoms with Gasteiger partial charge in [-0.2, -0.15) is 0 Å². The van der Waals surface area contributed by atoms with Crippen molar-refractivity contribution < 1.29 is 13.2 Å². The molecule has 0 saturated heterocycles. The summed E-state index contributed by atoms with van der Waals surface area (Å²) < 4.78 is 27.8. The second-order valence-electron chi connectivity index (χ2n) is 4.26. The predicted octanol–water partition coefficient (Wildman–Crippen LogP) is 0.641. The Balaban J connectivity index is 2.78. The first-order chi connectivity index (χ1) is 8.48. The molecule has 0 aliphatic rings. The summed E-state index contributed by atoms with van der Waals surface area (Å²) in [4.78, 5) is 0. The van der Waals surface area contributed by atoms with Crippen LogP contribution in [0, 0.1) is 0 Å². The smallest absolute Gasteiger partial charge is 0.147 e. The Labute approximate surface area is 108 Å². The third-order valence-corrected chi connectivity index (χ3v) is 3.74. The van der Waals surface area contributed by atoms with Crippen LogP contribution in [0.15, 0.2) is 30.3 Å². The first-order valence-corrected chi connectivity index (χ1v) is 7.75. The van der Waals surface area contributed by atoms with E-state index >= 15 is 0 Å². The molecule has 0 amide bonds. The van der Waals surface area contributed by atoms with Gasteiger partial charge in [0.25, 0.3) is 0 Å². The standard InChI is InChI=1S/C12H20N2O3S/c1-17-12(10-6-4-3-5-7-10)11(14-13)8-9-18(2,15)16/h3-7,11-12,14H,8-9,13H2,1-2H3. The number of methoxy groups -OCH3 is 1. The van der Waals surface area contributed by atoms with E-state index in [2.05, 4.69) is 5.43 Å². The number of nitrogens with two attached hydrogens (primary N) is 1. The van der Waals surface area contributed by atoms with Crippen molar-refractivity contribution in [3.63, 3.8) is 0 Å². The number of nitrogens with one attached hydrogen (secondary N) is 1. The van der Waals surface area contributed by atoms with Crippen molar-refractivity contribution in [3.05, 3.63) is 35.9 Å². The fraction of sp³-hybridized carbons (Fsp3) is 0.500. The van der Waals surface area contributed by atoms with Crippen molar-refractivity contribution >= 4 is 9.84 Å². The van der Waals surface area contributed by atoms with Crippen molar-refractivity contribution in [2.45, 2.75) is 18.6 Å². The lowest BCUT2D eigenvalue weighted by atomic mass is 10.0. The third kappa shape index (κ3) is 4.73. The van der Waals surface area contributed by atoms with E-state index in [0.717, 1.165) is 5.56 Å². The molecular weight excluding hydrogens is 252 g/mol. The van der Waals surface area contributed by atoms with Gasteiger partial charge in [0.2, 0.25) is 0 Å². The van der Waals surface area contributed by atoms with E-state index in [1.165, 1.54) is 6.26 Å².